The second-order valence-corrected chi connectivity index (χ2v) is 9.98. The average molecular weight is 374 g/mol. The van der Waals surface area contributed by atoms with Crippen molar-refractivity contribution in [3.8, 4) is 0 Å². The molecule has 0 aromatic carbocycles. The lowest BCUT2D eigenvalue weighted by Gasteiger charge is -2.33. The van der Waals surface area contributed by atoms with Crippen LogP contribution >= 0.6 is 0 Å². The molecule has 0 amide bonds. The standard InChI is InChI=1S/C19H35NO4S/c1-6-14-10-7-8-12-16(21)18(14)15(11-9-13-17(22)24-5)20-25(23)19(2,3)4/h14-15,18,20H,6-13H2,1-5H3/t14-,15?,18-,25?/m0/s1. The van der Waals surface area contributed by atoms with Gasteiger partial charge in [0.2, 0.25) is 0 Å². The van der Waals surface area contributed by atoms with Crippen LogP contribution in [-0.2, 0) is 25.3 Å². The van der Waals surface area contributed by atoms with Crippen LogP contribution in [0.2, 0.25) is 0 Å². The van der Waals surface area contributed by atoms with E-state index in [1.54, 1.807) is 0 Å². The molecule has 0 heterocycles. The third-order valence-electron chi connectivity index (χ3n) is 5.02. The Labute approximate surface area is 155 Å². The number of hydrogen-bond donors (Lipinski definition) is 1. The highest BCUT2D eigenvalue weighted by Gasteiger charge is 2.37. The number of hydrogen-bond acceptors (Lipinski definition) is 4. The van der Waals surface area contributed by atoms with Crippen LogP contribution in [0.25, 0.3) is 0 Å². The smallest absolute Gasteiger partial charge is 0.305 e. The van der Waals surface area contributed by atoms with Gasteiger partial charge in [-0.2, -0.15) is 0 Å². The zero-order valence-corrected chi connectivity index (χ0v) is 17.2. The number of carbonyl (C=O) groups is 2. The van der Waals surface area contributed by atoms with Crippen molar-refractivity contribution in [2.45, 2.75) is 89.9 Å². The van der Waals surface area contributed by atoms with E-state index in [0.717, 1.165) is 25.7 Å². The molecule has 2 unspecified atom stereocenters. The summed E-state index contributed by atoms with van der Waals surface area (Å²) >= 11 is 0. The molecule has 25 heavy (non-hydrogen) atoms. The summed E-state index contributed by atoms with van der Waals surface area (Å²) in [5, 5.41) is 0. The van der Waals surface area contributed by atoms with E-state index in [-0.39, 0.29) is 23.7 Å². The lowest BCUT2D eigenvalue weighted by atomic mass is 9.79. The number of methoxy groups -OCH3 is 1. The lowest BCUT2D eigenvalue weighted by molar-refractivity contribution is -0.140. The first-order valence-electron chi connectivity index (χ1n) is 9.48. The predicted octanol–water partition coefficient (Wildman–Crippen LogP) is 3.54. The van der Waals surface area contributed by atoms with Gasteiger partial charge >= 0.3 is 5.97 Å². The van der Waals surface area contributed by atoms with Crippen molar-refractivity contribution in [1.29, 1.82) is 0 Å². The molecule has 1 rings (SSSR count). The molecule has 0 aromatic rings. The highest BCUT2D eigenvalue weighted by molar-refractivity contribution is 7.84. The Balaban J connectivity index is 2.94. The van der Waals surface area contributed by atoms with Gasteiger partial charge in [0.1, 0.15) is 5.78 Å². The van der Waals surface area contributed by atoms with Gasteiger partial charge in [0.15, 0.2) is 0 Å². The van der Waals surface area contributed by atoms with Gasteiger partial charge in [-0.1, -0.05) is 19.8 Å². The molecule has 1 saturated carbocycles. The number of esters is 1. The number of rotatable bonds is 8. The van der Waals surface area contributed by atoms with E-state index in [4.69, 9.17) is 4.74 Å². The van der Waals surface area contributed by atoms with E-state index in [0.29, 0.717) is 31.6 Å². The zero-order chi connectivity index (χ0) is 19.0. The zero-order valence-electron chi connectivity index (χ0n) is 16.4. The normalized spacial score (nSPS) is 24.4. The molecule has 4 atom stereocenters. The third-order valence-corrected chi connectivity index (χ3v) is 6.65. The topological polar surface area (TPSA) is 72.5 Å². The van der Waals surface area contributed by atoms with Crippen LogP contribution in [0.15, 0.2) is 0 Å². The summed E-state index contributed by atoms with van der Waals surface area (Å²) in [5.41, 5.74) is 0. The highest BCUT2D eigenvalue weighted by Crippen LogP contribution is 2.33. The first kappa shape index (κ1) is 22.3. The maximum absolute atomic E-state index is 12.8. The minimum Gasteiger partial charge on any atom is -0.469 e. The van der Waals surface area contributed by atoms with Gasteiger partial charge in [-0.25, -0.2) is 8.93 Å². The van der Waals surface area contributed by atoms with Crippen molar-refractivity contribution in [3.05, 3.63) is 0 Å². The Morgan fingerprint density at radius 1 is 1.36 bits per heavy atom. The fourth-order valence-electron chi connectivity index (χ4n) is 3.52. The molecule has 0 aromatic heterocycles. The molecule has 0 radical (unpaired) electrons. The van der Waals surface area contributed by atoms with Crippen LogP contribution in [0.5, 0.6) is 0 Å². The maximum atomic E-state index is 12.8. The molecule has 146 valence electrons. The van der Waals surface area contributed by atoms with Crippen LogP contribution in [0.3, 0.4) is 0 Å². The molecule has 5 nitrogen and oxygen atoms in total. The van der Waals surface area contributed by atoms with Gasteiger partial charge in [0.25, 0.3) is 0 Å². The number of carbonyl (C=O) groups excluding carboxylic acids is 2. The van der Waals surface area contributed by atoms with E-state index >= 15 is 0 Å². The fraction of sp³-hybridized carbons (Fsp3) is 0.895. The molecule has 0 bridgehead atoms. The van der Waals surface area contributed by atoms with E-state index in [1.807, 2.05) is 20.8 Å². The number of ether oxygens (including phenoxy) is 1. The summed E-state index contributed by atoms with van der Waals surface area (Å²) in [6.45, 7) is 7.90. The average Bonchev–Trinajstić information content (AvgIpc) is 2.73. The molecule has 0 saturated heterocycles. The van der Waals surface area contributed by atoms with Crippen LogP contribution in [0.1, 0.15) is 79.1 Å². The van der Waals surface area contributed by atoms with Gasteiger partial charge in [-0.3, -0.25) is 9.59 Å². The maximum Gasteiger partial charge on any atom is 0.305 e. The molecular weight excluding hydrogens is 338 g/mol. The van der Waals surface area contributed by atoms with Crippen molar-refractivity contribution in [2.24, 2.45) is 11.8 Å². The molecule has 0 spiro atoms. The van der Waals surface area contributed by atoms with Gasteiger partial charge in [0.05, 0.1) is 22.8 Å². The Bertz CT molecular complexity index is 473. The van der Waals surface area contributed by atoms with Crippen LogP contribution in [-0.4, -0.2) is 33.9 Å². The van der Waals surface area contributed by atoms with Gasteiger partial charge < -0.3 is 4.74 Å². The lowest BCUT2D eigenvalue weighted by Crippen LogP contribution is -2.47. The Morgan fingerprint density at radius 3 is 2.60 bits per heavy atom. The molecule has 1 fully saturated rings. The summed E-state index contributed by atoms with van der Waals surface area (Å²) in [6, 6.07) is -0.153. The summed E-state index contributed by atoms with van der Waals surface area (Å²) in [6.07, 6.45) is 6.25. The Morgan fingerprint density at radius 2 is 2.04 bits per heavy atom. The van der Waals surface area contributed by atoms with Crippen molar-refractivity contribution >= 4 is 22.7 Å². The Hall–Kier alpha value is -0.750. The molecule has 1 N–H and O–H groups in total. The number of nitrogens with one attached hydrogen (secondary N) is 1. The van der Waals surface area contributed by atoms with Crippen LogP contribution in [0, 0.1) is 11.8 Å². The van der Waals surface area contributed by atoms with E-state index < -0.39 is 15.7 Å². The van der Waals surface area contributed by atoms with Gasteiger partial charge in [-0.05, 0) is 52.4 Å². The van der Waals surface area contributed by atoms with Crippen molar-refractivity contribution in [3.63, 3.8) is 0 Å². The first-order chi connectivity index (χ1) is 11.7. The monoisotopic (exact) mass is 373 g/mol. The minimum absolute atomic E-state index is 0.114. The molecule has 1 aliphatic carbocycles. The summed E-state index contributed by atoms with van der Waals surface area (Å²) < 4.78 is 20.2. The second-order valence-electron chi connectivity index (χ2n) is 7.98. The first-order valence-corrected chi connectivity index (χ1v) is 10.6. The molecule has 0 aliphatic heterocycles. The quantitative estimate of drug-likeness (QED) is 0.522. The molecular formula is C19H35NO4S. The van der Waals surface area contributed by atoms with Crippen molar-refractivity contribution < 1.29 is 18.5 Å². The summed E-state index contributed by atoms with van der Waals surface area (Å²) in [7, 11) is 0.143. The Kier molecular flexibility index (Phi) is 9.28. The third kappa shape index (κ3) is 7.18. The number of ketones is 1. The second kappa shape index (κ2) is 10.4. The predicted molar refractivity (Wildman–Crippen MR) is 101 cm³/mol. The van der Waals surface area contributed by atoms with Crippen LogP contribution in [0.4, 0.5) is 0 Å². The molecule has 1 aliphatic rings. The van der Waals surface area contributed by atoms with E-state index in [2.05, 4.69) is 11.6 Å². The van der Waals surface area contributed by atoms with Crippen molar-refractivity contribution in [1.82, 2.24) is 4.72 Å². The molecule has 6 heteroatoms. The van der Waals surface area contributed by atoms with Crippen molar-refractivity contribution in [2.75, 3.05) is 7.11 Å². The number of Topliss-reactive ketones (excluding diaryl/α,β-unsaturated/α-hetero) is 1. The van der Waals surface area contributed by atoms with Gasteiger partial charge in [0, 0.05) is 24.8 Å². The summed E-state index contributed by atoms with van der Waals surface area (Å²) in [4.78, 5) is 24.2. The largest absolute Gasteiger partial charge is 0.469 e. The highest BCUT2D eigenvalue weighted by atomic mass is 32.2. The SMILES string of the molecule is CC[C@H]1CCCCC(=O)[C@@H]1C(CCCC(=O)OC)NS(=O)C(C)(C)C. The summed E-state index contributed by atoms with van der Waals surface area (Å²) in [5.74, 6) is 0.250. The van der Waals surface area contributed by atoms with E-state index in [1.165, 1.54) is 7.11 Å². The fourth-order valence-corrected chi connectivity index (χ4v) is 4.41. The van der Waals surface area contributed by atoms with E-state index in [9.17, 15) is 13.8 Å². The van der Waals surface area contributed by atoms with Gasteiger partial charge in [-0.15, -0.1) is 0 Å². The van der Waals surface area contributed by atoms with Crippen LogP contribution < -0.4 is 4.72 Å². The minimum atomic E-state index is -1.24.